The highest BCUT2D eigenvalue weighted by molar-refractivity contribution is 7.92. The average molecular weight is 399 g/mol. The summed E-state index contributed by atoms with van der Waals surface area (Å²) in [6, 6.07) is 14.7. The van der Waals surface area contributed by atoms with Gasteiger partial charge in [-0.2, -0.15) is 0 Å². The Balaban J connectivity index is 1.41. The molecule has 1 aliphatic heterocycles. The molecule has 1 unspecified atom stereocenters. The van der Waals surface area contributed by atoms with Gasteiger partial charge in [0.05, 0.1) is 10.1 Å². The van der Waals surface area contributed by atoms with E-state index in [1.807, 2.05) is 12.1 Å². The molecule has 0 aromatic heterocycles. The van der Waals surface area contributed by atoms with Gasteiger partial charge in [-0.1, -0.05) is 37.1 Å². The van der Waals surface area contributed by atoms with Gasteiger partial charge in [0.1, 0.15) is 0 Å². The Morgan fingerprint density at radius 1 is 1.04 bits per heavy atom. The number of hydrogen-bond donors (Lipinski definition) is 2. The molecule has 1 heterocycles. The fraction of sp³-hybridized carbons (Fsp3) is 0.409. The van der Waals surface area contributed by atoms with Crippen LogP contribution in [0.3, 0.4) is 0 Å². The van der Waals surface area contributed by atoms with E-state index in [0.29, 0.717) is 17.0 Å². The van der Waals surface area contributed by atoms with E-state index in [9.17, 15) is 13.2 Å². The third-order valence-electron chi connectivity index (χ3n) is 5.87. The van der Waals surface area contributed by atoms with Crippen molar-refractivity contribution >= 4 is 15.7 Å². The molecule has 2 aromatic rings. The molecule has 1 aliphatic carbocycles. The minimum Gasteiger partial charge on any atom is -0.350 e. The van der Waals surface area contributed by atoms with Crippen LogP contribution in [0.4, 0.5) is 0 Å². The summed E-state index contributed by atoms with van der Waals surface area (Å²) in [6.45, 7) is 1.39. The number of amides is 1. The van der Waals surface area contributed by atoms with Crippen molar-refractivity contribution in [3.8, 4) is 0 Å². The fourth-order valence-electron chi connectivity index (χ4n) is 4.26. The molecule has 2 N–H and O–H groups in total. The van der Waals surface area contributed by atoms with Crippen molar-refractivity contribution in [3.63, 3.8) is 0 Å². The first-order chi connectivity index (χ1) is 13.6. The maximum absolute atomic E-state index is 12.7. The second-order valence-corrected chi connectivity index (χ2v) is 9.87. The summed E-state index contributed by atoms with van der Waals surface area (Å²) in [4.78, 5) is 12.8. The van der Waals surface area contributed by atoms with Gasteiger partial charge in [-0.15, -0.1) is 0 Å². The van der Waals surface area contributed by atoms with E-state index in [1.165, 1.54) is 11.1 Å². The summed E-state index contributed by atoms with van der Waals surface area (Å²) in [5.74, 6) is -0.185. The molecule has 6 heteroatoms. The molecule has 0 radical (unpaired) electrons. The Kier molecular flexibility index (Phi) is 5.51. The van der Waals surface area contributed by atoms with Crippen LogP contribution in [-0.4, -0.2) is 32.7 Å². The summed E-state index contributed by atoms with van der Waals surface area (Å²) < 4.78 is 25.3. The molecule has 1 fully saturated rings. The van der Waals surface area contributed by atoms with Crippen molar-refractivity contribution in [1.29, 1.82) is 0 Å². The molecular formula is C22H26N2O3S. The Labute approximate surface area is 166 Å². The Morgan fingerprint density at radius 2 is 1.75 bits per heavy atom. The molecule has 28 heavy (non-hydrogen) atoms. The van der Waals surface area contributed by atoms with Crippen LogP contribution in [0, 0.1) is 0 Å². The van der Waals surface area contributed by atoms with E-state index in [2.05, 4.69) is 22.8 Å². The molecule has 148 valence electrons. The molecule has 0 bridgehead atoms. The van der Waals surface area contributed by atoms with E-state index in [4.69, 9.17) is 0 Å². The zero-order valence-electron chi connectivity index (χ0n) is 15.9. The second-order valence-electron chi connectivity index (χ2n) is 7.64. The van der Waals surface area contributed by atoms with E-state index in [-0.39, 0.29) is 17.2 Å². The highest BCUT2D eigenvalue weighted by Gasteiger charge is 2.30. The highest BCUT2D eigenvalue weighted by Crippen LogP contribution is 2.29. The van der Waals surface area contributed by atoms with Crippen LogP contribution in [0.2, 0.25) is 0 Å². The predicted octanol–water partition coefficient (Wildman–Crippen LogP) is 3.02. The van der Waals surface area contributed by atoms with Gasteiger partial charge in [-0.05, 0) is 61.2 Å². The first-order valence-electron chi connectivity index (χ1n) is 9.99. The van der Waals surface area contributed by atoms with Crippen LogP contribution < -0.4 is 10.6 Å². The molecule has 1 atom stereocenters. The van der Waals surface area contributed by atoms with Gasteiger partial charge in [-0.25, -0.2) is 8.42 Å². The summed E-state index contributed by atoms with van der Waals surface area (Å²) in [5, 5.41) is 6.15. The first kappa shape index (κ1) is 19.2. The normalized spacial score (nSPS) is 19.9. The van der Waals surface area contributed by atoms with Gasteiger partial charge < -0.3 is 10.6 Å². The zero-order chi connectivity index (χ0) is 19.6. The molecule has 1 amide bonds. The first-order valence-corrected chi connectivity index (χ1v) is 11.5. The summed E-state index contributed by atoms with van der Waals surface area (Å²) in [7, 11) is -3.29. The largest absolute Gasteiger partial charge is 0.350 e. The van der Waals surface area contributed by atoms with Gasteiger partial charge in [0.2, 0.25) is 0 Å². The summed E-state index contributed by atoms with van der Waals surface area (Å²) in [6.07, 6.45) is 4.42. The molecule has 1 saturated carbocycles. The van der Waals surface area contributed by atoms with Crippen LogP contribution in [0.5, 0.6) is 0 Å². The molecule has 5 nitrogen and oxygen atoms in total. The summed E-state index contributed by atoms with van der Waals surface area (Å²) >= 11 is 0. The maximum Gasteiger partial charge on any atom is 0.251 e. The fourth-order valence-corrected chi connectivity index (χ4v) is 6.11. The molecule has 2 aliphatic rings. The smallest absolute Gasteiger partial charge is 0.251 e. The van der Waals surface area contributed by atoms with Crippen molar-refractivity contribution in [1.82, 2.24) is 10.6 Å². The van der Waals surface area contributed by atoms with Crippen LogP contribution in [0.25, 0.3) is 0 Å². The van der Waals surface area contributed by atoms with Gasteiger partial charge in [-0.3, -0.25) is 4.79 Å². The standard InChI is InChI=1S/C22H26N2O3S/c25-22(24-15-21-20-8-4-1-5-16(20)13-14-23-21)17-9-11-19(12-10-17)28(26,27)18-6-2-3-7-18/h1,4-5,8-12,18,21,23H,2-3,6-7,13-15H2,(H,24,25). The van der Waals surface area contributed by atoms with E-state index in [0.717, 1.165) is 38.6 Å². The van der Waals surface area contributed by atoms with Gasteiger partial charge in [0, 0.05) is 18.2 Å². The van der Waals surface area contributed by atoms with Crippen LogP contribution in [0.15, 0.2) is 53.4 Å². The third-order valence-corrected chi connectivity index (χ3v) is 8.15. The topological polar surface area (TPSA) is 75.3 Å². The number of fused-ring (bicyclic) bond motifs is 1. The number of sulfone groups is 1. The molecule has 4 rings (SSSR count). The lowest BCUT2D eigenvalue weighted by molar-refractivity contribution is 0.0949. The molecule has 0 saturated heterocycles. The lowest BCUT2D eigenvalue weighted by Gasteiger charge is -2.27. The minimum atomic E-state index is -3.29. The zero-order valence-corrected chi connectivity index (χ0v) is 16.7. The monoisotopic (exact) mass is 398 g/mol. The molecule has 2 aromatic carbocycles. The average Bonchev–Trinajstić information content (AvgIpc) is 3.28. The van der Waals surface area contributed by atoms with Crippen LogP contribution >= 0.6 is 0 Å². The second kappa shape index (κ2) is 8.05. The maximum atomic E-state index is 12.7. The van der Waals surface area contributed by atoms with Gasteiger partial charge in [0.15, 0.2) is 9.84 Å². The number of carbonyl (C=O) groups is 1. The Morgan fingerprint density at radius 3 is 2.50 bits per heavy atom. The molecular weight excluding hydrogens is 372 g/mol. The highest BCUT2D eigenvalue weighted by atomic mass is 32.2. The number of hydrogen-bond acceptors (Lipinski definition) is 4. The Bertz CT molecular complexity index is 948. The lowest BCUT2D eigenvalue weighted by atomic mass is 9.94. The van der Waals surface area contributed by atoms with Crippen molar-refractivity contribution in [3.05, 3.63) is 65.2 Å². The van der Waals surface area contributed by atoms with E-state index in [1.54, 1.807) is 24.3 Å². The number of carbonyl (C=O) groups excluding carboxylic acids is 1. The van der Waals surface area contributed by atoms with Gasteiger partial charge in [0.25, 0.3) is 5.91 Å². The van der Waals surface area contributed by atoms with E-state index >= 15 is 0 Å². The van der Waals surface area contributed by atoms with Gasteiger partial charge >= 0.3 is 0 Å². The summed E-state index contributed by atoms with van der Waals surface area (Å²) in [5.41, 5.74) is 3.03. The lowest BCUT2D eigenvalue weighted by Crippen LogP contribution is -2.38. The van der Waals surface area contributed by atoms with Crippen LogP contribution in [0.1, 0.15) is 53.2 Å². The predicted molar refractivity (Wildman–Crippen MR) is 109 cm³/mol. The number of rotatable bonds is 5. The molecule has 0 spiro atoms. The SMILES string of the molecule is O=C(NCC1NCCc2ccccc21)c1ccc(S(=O)(=O)C2CCCC2)cc1. The van der Waals surface area contributed by atoms with E-state index < -0.39 is 9.84 Å². The quantitative estimate of drug-likeness (QED) is 0.812. The van der Waals surface area contributed by atoms with Crippen molar-refractivity contribution in [2.45, 2.75) is 48.3 Å². The third kappa shape index (κ3) is 3.84. The van der Waals surface area contributed by atoms with Crippen molar-refractivity contribution in [2.24, 2.45) is 0 Å². The van der Waals surface area contributed by atoms with Crippen molar-refractivity contribution in [2.75, 3.05) is 13.1 Å². The minimum absolute atomic E-state index is 0.0934. The van der Waals surface area contributed by atoms with Crippen molar-refractivity contribution < 1.29 is 13.2 Å². The van der Waals surface area contributed by atoms with Crippen LogP contribution in [-0.2, 0) is 16.3 Å². The number of benzene rings is 2. The Hall–Kier alpha value is -2.18. The number of nitrogens with one attached hydrogen (secondary N) is 2.